The van der Waals surface area contributed by atoms with Crippen LogP contribution in [0.5, 0.6) is 0 Å². The van der Waals surface area contributed by atoms with E-state index in [4.69, 9.17) is 16.3 Å². The van der Waals surface area contributed by atoms with Crippen molar-refractivity contribution in [1.82, 2.24) is 9.97 Å². The van der Waals surface area contributed by atoms with Gasteiger partial charge >= 0.3 is 0 Å². The summed E-state index contributed by atoms with van der Waals surface area (Å²) in [5, 5.41) is 13.6. The highest BCUT2D eigenvalue weighted by molar-refractivity contribution is 6.34. The molecule has 1 aliphatic rings. The summed E-state index contributed by atoms with van der Waals surface area (Å²) in [6, 6.07) is 5.31. The predicted octanol–water partition coefficient (Wildman–Crippen LogP) is 2.13. The average molecular weight is 364 g/mol. The van der Waals surface area contributed by atoms with Gasteiger partial charge in [0.2, 0.25) is 0 Å². The number of anilines is 2. The van der Waals surface area contributed by atoms with E-state index in [1.807, 2.05) is 4.90 Å². The average Bonchev–Trinajstić information content (AvgIpc) is 2.62. The van der Waals surface area contributed by atoms with Crippen molar-refractivity contribution < 1.29 is 14.5 Å². The van der Waals surface area contributed by atoms with Crippen molar-refractivity contribution in [2.45, 2.75) is 0 Å². The summed E-state index contributed by atoms with van der Waals surface area (Å²) in [6.07, 6.45) is 1.34. The van der Waals surface area contributed by atoms with Crippen LogP contribution < -0.4 is 10.2 Å². The first kappa shape index (κ1) is 17.1. The molecule has 1 aromatic carbocycles. The molecule has 1 fully saturated rings. The molecular formula is C15H14ClN5O4. The SMILES string of the molecule is O=C(Nc1cc(N2CCOCC2)ncn1)c1cc([N+](=O)[O-])ccc1Cl. The molecule has 1 N–H and O–H groups in total. The third-order valence-corrected chi connectivity index (χ3v) is 3.96. The lowest BCUT2D eigenvalue weighted by atomic mass is 10.2. The smallest absolute Gasteiger partial charge is 0.270 e. The first-order valence-electron chi connectivity index (χ1n) is 7.44. The number of carbonyl (C=O) groups excluding carboxylic acids is 1. The van der Waals surface area contributed by atoms with Crippen LogP contribution >= 0.6 is 11.6 Å². The monoisotopic (exact) mass is 363 g/mol. The quantitative estimate of drug-likeness (QED) is 0.654. The van der Waals surface area contributed by atoms with Crippen LogP contribution in [0.3, 0.4) is 0 Å². The summed E-state index contributed by atoms with van der Waals surface area (Å²) < 4.78 is 5.29. The molecule has 2 heterocycles. The second kappa shape index (κ2) is 7.41. The molecule has 0 aliphatic carbocycles. The number of ether oxygens (including phenoxy) is 1. The number of nitro benzene ring substituents is 1. The highest BCUT2D eigenvalue weighted by Gasteiger charge is 2.18. The maximum Gasteiger partial charge on any atom is 0.270 e. The van der Waals surface area contributed by atoms with Gasteiger partial charge in [-0.25, -0.2) is 9.97 Å². The fourth-order valence-corrected chi connectivity index (χ4v) is 2.57. The molecule has 3 rings (SSSR count). The van der Waals surface area contributed by atoms with E-state index in [9.17, 15) is 14.9 Å². The lowest BCUT2D eigenvalue weighted by Crippen LogP contribution is -2.36. The van der Waals surface area contributed by atoms with Gasteiger partial charge in [-0.1, -0.05) is 11.6 Å². The van der Waals surface area contributed by atoms with Crippen molar-refractivity contribution in [1.29, 1.82) is 0 Å². The second-order valence-corrected chi connectivity index (χ2v) is 5.64. The highest BCUT2D eigenvalue weighted by Crippen LogP contribution is 2.23. The fourth-order valence-electron chi connectivity index (χ4n) is 2.37. The third kappa shape index (κ3) is 4.01. The van der Waals surface area contributed by atoms with E-state index in [1.54, 1.807) is 6.07 Å². The van der Waals surface area contributed by atoms with Crippen LogP contribution in [0.2, 0.25) is 5.02 Å². The molecule has 9 nitrogen and oxygen atoms in total. The van der Waals surface area contributed by atoms with Crippen molar-refractivity contribution in [2.75, 3.05) is 36.5 Å². The molecule has 1 aliphatic heterocycles. The van der Waals surface area contributed by atoms with Crippen LogP contribution in [0, 0.1) is 10.1 Å². The maximum absolute atomic E-state index is 12.4. The summed E-state index contributed by atoms with van der Waals surface area (Å²) in [5.74, 6) is 0.364. The van der Waals surface area contributed by atoms with Crippen molar-refractivity contribution in [2.24, 2.45) is 0 Å². The minimum atomic E-state index is -0.589. The summed E-state index contributed by atoms with van der Waals surface area (Å²) in [5.41, 5.74) is -0.214. The summed E-state index contributed by atoms with van der Waals surface area (Å²) in [7, 11) is 0. The largest absolute Gasteiger partial charge is 0.378 e. The number of nitro groups is 1. The Kier molecular flexibility index (Phi) is 5.05. The van der Waals surface area contributed by atoms with Gasteiger partial charge in [-0.15, -0.1) is 0 Å². The van der Waals surface area contributed by atoms with Crippen molar-refractivity contribution >= 4 is 34.8 Å². The van der Waals surface area contributed by atoms with Gasteiger partial charge in [-0.3, -0.25) is 14.9 Å². The lowest BCUT2D eigenvalue weighted by Gasteiger charge is -2.27. The van der Waals surface area contributed by atoms with Gasteiger partial charge in [0, 0.05) is 31.3 Å². The van der Waals surface area contributed by atoms with Crippen LogP contribution in [0.4, 0.5) is 17.3 Å². The van der Waals surface area contributed by atoms with Crippen LogP contribution in [-0.2, 0) is 4.74 Å². The summed E-state index contributed by atoms with van der Waals surface area (Å²) >= 11 is 5.98. The molecule has 0 unspecified atom stereocenters. The Morgan fingerprint density at radius 2 is 2.04 bits per heavy atom. The topological polar surface area (TPSA) is 110 Å². The molecule has 1 amide bonds. The van der Waals surface area contributed by atoms with E-state index >= 15 is 0 Å². The van der Waals surface area contributed by atoms with Gasteiger partial charge in [-0.05, 0) is 6.07 Å². The minimum Gasteiger partial charge on any atom is -0.378 e. The van der Waals surface area contributed by atoms with Gasteiger partial charge in [0.05, 0.1) is 28.7 Å². The van der Waals surface area contributed by atoms with Crippen molar-refractivity contribution in [3.05, 3.63) is 51.3 Å². The Morgan fingerprint density at radius 1 is 1.28 bits per heavy atom. The first-order valence-corrected chi connectivity index (χ1v) is 7.82. The molecule has 130 valence electrons. The number of aromatic nitrogens is 2. The standard InChI is InChI=1S/C15H14ClN5O4/c16-12-2-1-10(21(23)24)7-11(12)15(22)19-13-8-14(18-9-17-13)20-3-5-25-6-4-20/h1-2,7-9H,3-6H2,(H,17,18,19,22). The van der Waals surface area contributed by atoms with Gasteiger partial charge in [-0.2, -0.15) is 0 Å². The molecule has 0 spiro atoms. The Labute approximate surface area is 147 Å². The molecule has 2 aromatic rings. The van der Waals surface area contributed by atoms with Crippen molar-refractivity contribution in [3.8, 4) is 0 Å². The maximum atomic E-state index is 12.4. The third-order valence-electron chi connectivity index (χ3n) is 3.63. The molecule has 25 heavy (non-hydrogen) atoms. The number of nitrogens with zero attached hydrogens (tertiary/aromatic N) is 4. The van der Waals surface area contributed by atoms with E-state index in [1.165, 1.54) is 18.5 Å². The molecule has 1 aromatic heterocycles. The number of carbonyl (C=O) groups is 1. The van der Waals surface area contributed by atoms with Crippen LogP contribution in [0.25, 0.3) is 0 Å². The van der Waals surface area contributed by atoms with E-state index in [2.05, 4.69) is 15.3 Å². The molecule has 0 atom stereocenters. The number of benzene rings is 1. The van der Waals surface area contributed by atoms with Gasteiger partial charge < -0.3 is 15.0 Å². The zero-order valence-electron chi connectivity index (χ0n) is 13.0. The number of non-ortho nitro benzene ring substituents is 1. The Morgan fingerprint density at radius 3 is 2.76 bits per heavy atom. The number of halogens is 1. The number of hydrogen-bond acceptors (Lipinski definition) is 7. The number of nitrogens with one attached hydrogen (secondary N) is 1. The predicted molar refractivity (Wildman–Crippen MR) is 91.1 cm³/mol. The normalized spacial score (nSPS) is 14.2. The van der Waals surface area contributed by atoms with Crippen LogP contribution in [0.15, 0.2) is 30.6 Å². The molecule has 0 saturated carbocycles. The van der Waals surface area contributed by atoms with Gasteiger partial charge in [0.25, 0.3) is 11.6 Å². The van der Waals surface area contributed by atoms with Crippen LogP contribution in [-0.4, -0.2) is 47.1 Å². The number of hydrogen-bond donors (Lipinski definition) is 1. The molecular weight excluding hydrogens is 350 g/mol. The number of rotatable bonds is 4. The lowest BCUT2D eigenvalue weighted by molar-refractivity contribution is -0.384. The Hall–Kier alpha value is -2.78. The van der Waals surface area contributed by atoms with E-state index in [0.717, 1.165) is 6.07 Å². The summed E-state index contributed by atoms with van der Waals surface area (Å²) in [4.78, 5) is 32.9. The van der Waals surface area contributed by atoms with E-state index in [0.29, 0.717) is 32.1 Å². The van der Waals surface area contributed by atoms with Crippen LogP contribution in [0.1, 0.15) is 10.4 Å². The van der Waals surface area contributed by atoms with Gasteiger partial charge in [0.1, 0.15) is 18.0 Å². The molecule has 0 radical (unpaired) electrons. The first-order chi connectivity index (χ1) is 12.0. The molecule has 1 saturated heterocycles. The number of amides is 1. The van der Waals surface area contributed by atoms with Crippen molar-refractivity contribution in [3.63, 3.8) is 0 Å². The highest BCUT2D eigenvalue weighted by atomic mass is 35.5. The van der Waals surface area contributed by atoms with E-state index < -0.39 is 10.8 Å². The minimum absolute atomic E-state index is 0.00222. The zero-order valence-corrected chi connectivity index (χ0v) is 13.8. The van der Waals surface area contributed by atoms with Gasteiger partial charge in [0.15, 0.2) is 0 Å². The fraction of sp³-hybridized carbons (Fsp3) is 0.267. The molecule has 10 heteroatoms. The second-order valence-electron chi connectivity index (χ2n) is 5.24. The summed E-state index contributed by atoms with van der Waals surface area (Å²) in [6.45, 7) is 2.60. The number of morpholine rings is 1. The van der Waals surface area contributed by atoms with E-state index in [-0.39, 0.29) is 22.1 Å². The Balaban J connectivity index is 1.79. The zero-order chi connectivity index (χ0) is 17.8. The molecule has 0 bridgehead atoms. The Bertz CT molecular complexity index is 810.